The van der Waals surface area contributed by atoms with Gasteiger partial charge in [-0.3, -0.25) is 4.79 Å². The normalized spacial score (nSPS) is 11.4. The molecule has 0 aliphatic heterocycles. The first kappa shape index (κ1) is 15.3. The molecule has 1 heterocycles. The quantitative estimate of drug-likeness (QED) is 0.857. The molecule has 5 nitrogen and oxygen atoms in total. The smallest absolute Gasteiger partial charge is 0.231 e. The van der Waals surface area contributed by atoms with Crippen molar-refractivity contribution in [1.29, 1.82) is 0 Å². The van der Waals surface area contributed by atoms with E-state index in [4.69, 9.17) is 5.73 Å². The summed E-state index contributed by atoms with van der Waals surface area (Å²) in [5, 5.41) is 3.02. The van der Waals surface area contributed by atoms with Crippen LogP contribution in [0.2, 0.25) is 0 Å². The third-order valence-corrected chi connectivity index (χ3v) is 4.16. The summed E-state index contributed by atoms with van der Waals surface area (Å²) >= 11 is 0. The monoisotopic (exact) mass is 286 g/mol. The lowest BCUT2D eigenvalue weighted by molar-refractivity contribution is -0.125. The van der Waals surface area contributed by atoms with Crippen molar-refractivity contribution in [1.82, 2.24) is 9.55 Å². The average Bonchev–Trinajstić information content (AvgIpc) is 3.04. The Morgan fingerprint density at radius 3 is 2.62 bits per heavy atom. The van der Waals surface area contributed by atoms with E-state index in [1.54, 1.807) is 12.5 Å². The summed E-state index contributed by atoms with van der Waals surface area (Å²) in [4.78, 5) is 16.7. The van der Waals surface area contributed by atoms with Crippen LogP contribution in [0.3, 0.4) is 0 Å². The number of anilines is 1. The van der Waals surface area contributed by atoms with Crippen LogP contribution in [0, 0.1) is 5.41 Å². The topological polar surface area (TPSA) is 72.9 Å². The van der Waals surface area contributed by atoms with Crippen molar-refractivity contribution in [3.05, 3.63) is 43.0 Å². The van der Waals surface area contributed by atoms with Gasteiger partial charge in [-0.1, -0.05) is 26.0 Å². The Morgan fingerprint density at radius 2 is 2.05 bits per heavy atom. The molecule has 0 saturated carbocycles. The molecule has 1 amide bonds. The number of hydrogen-bond acceptors (Lipinski definition) is 3. The Hall–Kier alpha value is -2.14. The highest BCUT2D eigenvalue weighted by Gasteiger charge is 2.33. The molecule has 112 valence electrons. The number of nitrogens with zero attached hydrogens (tertiary/aromatic N) is 2. The maximum atomic E-state index is 12.6. The van der Waals surface area contributed by atoms with Crippen LogP contribution in [0.1, 0.15) is 26.7 Å². The predicted molar refractivity (Wildman–Crippen MR) is 84.3 cm³/mol. The second-order valence-corrected chi connectivity index (χ2v) is 5.13. The van der Waals surface area contributed by atoms with Crippen LogP contribution >= 0.6 is 0 Å². The average molecular weight is 286 g/mol. The molecule has 0 radical (unpaired) electrons. The summed E-state index contributed by atoms with van der Waals surface area (Å²) in [6, 6.07) is 7.66. The number of carbonyl (C=O) groups excluding carboxylic acids is 1. The van der Waals surface area contributed by atoms with E-state index in [1.165, 1.54) is 0 Å². The van der Waals surface area contributed by atoms with E-state index in [-0.39, 0.29) is 5.91 Å². The minimum Gasteiger partial charge on any atom is -0.329 e. The van der Waals surface area contributed by atoms with Gasteiger partial charge in [0.05, 0.1) is 23.1 Å². The summed E-state index contributed by atoms with van der Waals surface area (Å²) in [6.07, 6.45) is 6.71. The summed E-state index contributed by atoms with van der Waals surface area (Å²) in [5.74, 6) is -0.0254. The van der Waals surface area contributed by atoms with Gasteiger partial charge >= 0.3 is 0 Å². The van der Waals surface area contributed by atoms with E-state index in [9.17, 15) is 4.79 Å². The Labute approximate surface area is 125 Å². The lowest BCUT2D eigenvalue weighted by Gasteiger charge is -2.29. The van der Waals surface area contributed by atoms with Crippen LogP contribution in [0.25, 0.3) is 5.69 Å². The van der Waals surface area contributed by atoms with E-state index >= 15 is 0 Å². The van der Waals surface area contributed by atoms with E-state index in [2.05, 4.69) is 10.3 Å². The van der Waals surface area contributed by atoms with Gasteiger partial charge in [0.15, 0.2) is 0 Å². The fourth-order valence-electron chi connectivity index (χ4n) is 2.41. The third-order valence-electron chi connectivity index (χ3n) is 4.16. The van der Waals surface area contributed by atoms with Crippen molar-refractivity contribution in [3.63, 3.8) is 0 Å². The number of imidazole rings is 1. The molecule has 3 N–H and O–H groups in total. The number of amides is 1. The van der Waals surface area contributed by atoms with Crippen LogP contribution < -0.4 is 11.1 Å². The molecule has 0 aliphatic carbocycles. The molecule has 0 bridgehead atoms. The number of benzene rings is 1. The second-order valence-electron chi connectivity index (χ2n) is 5.13. The Morgan fingerprint density at radius 1 is 1.33 bits per heavy atom. The molecule has 0 fully saturated rings. The van der Waals surface area contributed by atoms with Crippen LogP contribution in [-0.2, 0) is 4.79 Å². The molecule has 0 aliphatic rings. The van der Waals surface area contributed by atoms with Gasteiger partial charge < -0.3 is 15.6 Å². The number of para-hydroxylation sites is 2. The molecule has 0 unspecified atom stereocenters. The lowest BCUT2D eigenvalue weighted by atomic mass is 9.81. The van der Waals surface area contributed by atoms with Gasteiger partial charge in [0, 0.05) is 18.9 Å². The highest BCUT2D eigenvalue weighted by atomic mass is 16.2. The second kappa shape index (κ2) is 6.54. The van der Waals surface area contributed by atoms with Crippen LogP contribution in [0.4, 0.5) is 5.69 Å². The molecule has 1 aromatic heterocycles. The van der Waals surface area contributed by atoms with Gasteiger partial charge in [-0.25, -0.2) is 4.98 Å². The predicted octanol–water partition coefficient (Wildman–Crippen LogP) is 2.58. The highest BCUT2D eigenvalue weighted by molar-refractivity contribution is 5.97. The molecule has 0 spiro atoms. The van der Waals surface area contributed by atoms with Crippen molar-refractivity contribution in [2.24, 2.45) is 11.1 Å². The molecule has 1 aromatic carbocycles. The maximum Gasteiger partial charge on any atom is 0.231 e. The van der Waals surface area contributed by atoms with Gasteiger partial charge in [0.25, 0.3) is 0 Å². The SMILES string of the molecule is CCC(CC)(CN)C(=O)Nc1ccccc1-n1ccnc1. The van der Waals surface area contributed by atoms with E-state index in [0.717, 1.165) is 24.2 Å². The lowest BCUT2D eigenvalue weighted by Crippen LogP contribution is -2.41. The van der Waals surface area contributed by atoms with Crippen molar-refractivity contribution in [2.75, 3.05) is 11.9 Å². The van der Waals surface area contributed by atoms with Gasteiger partial charge in [0.2, 0.25) is 5.91 Å². The number of rotatable bonds is 6. The van der Waals surface area contributed by atoms with E-state index < -0.39 is 5.41 Å². The first-order valence-corrected chi connectivity index (χ1v) is 7.25. The fourth-order valence-corrected chi connectivity index (χ4v) is 2.41. The van der Waals surface area contributed by atoms with Crippen LogP contribution in [0.5, 0.6) is 0 Å². The molecule has 5 heteroatoms. The summed E-state index contributed by atoms with van der Waals surface area (Å²) in [5.41, 5.74) is 6.98. The highest BCUT2D eigenvalue weighted by Crippen LogP contribution is 2.28. The van der Waals surface area contributed by atoms with Crippen molar-refractivity contribution in [3.8, 4) is 5.69 Å². The maximum absolute atomic E-state index is 12.6. The first-order chi connectivity index (χ1) is 10.2. The molecular formula is C16H22N4O. The Balaban J connectivity index is 2.30. The molecule has 2 rings (SSSR count). The van der Waals surface area contributed by atoms with Gasteiger partial charge in [-0.2, -0.15) is 0 Å². The molecular weight excluding hydrogens is 264 g/mol. The summed E-state index contributed by atoms with van der Waals surface area (Å²) < 4.78 is 1.87. The summed E-state index contributed by atoms with van der Waals surface area (Å²) in [7, 11) is 0. The molecule has 2 aromatic rings. The zero-order valence-corrected chi connectivity index (χ0v) is 12.5. The zero-order chi connectivity index (χ0) is 15.3. The van der Waals surface area contributed by atoms with Gasteiger partial charge in [-0.15, -0.1) is 0 Å². The van der Waals surface area contributed by atoms with Gasteiger partial charge in [-0.05, 0) is 25.0 Å². The third kappa shape index (κ3) is 2.97. The standard InChI is InChI=1S/C16H22N4O/c1-3-16(4-2,11-17)15(21)19-13-7-5-6-8-14(13)20-10-9-18-12-20/h5-10,12H,3-4,11,17H2,1-2H3,(H,19,21). The number of nitrogens with two attached hydrogens (primary N) is 1. The largest absolute Gasteiger partial charge is 0.329 e. The zero-order valence-electron chi connectivity index (χ0n) is 12.5. The van der Waals surface area contributed by atoms with Crippen LogP contribution in [-0.4, -0.2) is 22.0 Å². The first-order valence-electron chi connectivity index (χ1n) is 7.25. The van der Waals surface area contributed by atoms with Gasteiger partial charge in [0.1, 0.15) is 0 Å². The van der Waals surface area contributed by atoms with Crippen LogP contribution in [0.15, 0.2) is 43.0 Å². The molecule has 0 saturated heterocycles. The molecule has 0 atom stereocenters. The Bertz CT molecular complexity index is 580. The minimum absolute atomic E-state index is 0.0254. The minimum atomic E-state index is -0.512. The number of aromatic nitrogens is 2. The van der Waals surface area contributed by atoms with Crippen molar-refractivity contribution in [2.45, 2.75) is 26.7 Å². The van der Waals surface area contributed by atoms with E-state index in [0.29, 0.717) is 6.54 Å². The summed E-state index contributed by atoms with van der Waals surface area (Å²) in [6.45, 7) is 4.34. The Kier molecular flexibility index (Phi) is 4.75. The number of hydrogen-bond donors (Lipinski definition) is 2. The fraction of sp³-hybridized carbons (Fsp3) is 0.375. The molecule has 21 heavy (non-hydrogen) atoms. The van der Waals surface area contributed by atoms with Crippen molar-refractivity contribution < 1.29 is 4.79 Å². The number of carbonyl (C=O) groups is 1. The number of nitrogens with one attached hydrogen (secondary N) is 1. The van der Waals surface area contributed by atoms with Crippen molar-refractivity contribution >= 4 is 11.6 Å². The van der Waals surface area contributed by atoms with E-state index in [1.807, 2.05) is 48.9 Å².